The Kier molecular flexibility index (Phi) is 6.50. The van der Waals surface area contributed by atoms with Gasteiger partial charge in [-0.15, -0.1) is 11.0 Å². The van der Waals surface area contributed by atoms with E-state index >= 15 is 0 Å². The number of sulfonamides is 1. The molecule has 9 heteroatoms. The van der Waals surface area contributed by atoms with Crippen molar-refractivity contribution in [2.45, 2.75) is 18.0 Å². The van der Waals surface area contributed by atoms with Crippen molar-refractivity contribution in [2.24, 2.45) is 4.40 Å². The summed E-state index contributed by atoms with van der Waals surface area (Å²) in [5.41, 5.74) is 0.332. The standard InChI is InChI=1S/C19H19F3N2O3S/c1-4-13-24(16-9-7-15(8-10-16)19(20,21)22)18(27-3)23-28(25,26)17-11-5-14(2)6-12-17/h4-12H,1,13H2,2-3H3/b23-18-. The van der Waals surface area contributed by atoms with Crippen LogP contribution in [0.4, 0.5) is 18.9 Å². The Balaban J connectivity index is 2.45. The molecule has 0 aromatic heterocycles. The van der Waals surface area contributed by atoms with Gasteiger partial charge in [0.25, 0.3) is 10.0 Å². The van der Waals surface area contributed by atoms with E-state index < -0.39 is 21.8 Å². The van der Waals surface area contributed by atoms with Gasteiger partial charge >= 0.3 is 12.2 Å². The molecule has 0 fully saturated rings. The maximum atomic E-state index is 12.8. The smallest absolute Gasteiger partial charge is 0.416 e. The zero-order chi connectivity index (χ0) is 20.9. The number of benzene rings is 2. The molecule has 5 nitrogen and oxygen atoms in total. The van der Waals surface area contributed by atoms with Crippen LogP contribution in [0.3, 0.4) is 0 Å². The minimum atomic E-state index is -4.48. The second-order valence-corrected chi connectivity index (χ2v) is 7.41. The average Bonchev–Trinajstić information content (AvgIpc) is 2.64. The normalized spacial score (nSPS) is 12.5. The summed E-state index contributed by atoms with van der Waals surface area (Å²) < 4.78 is 72.3. The van der Waals surface area contributed by atoms with Crippen molar-refractivity contribution in [3.05, 3.63) is 72.3 Å². The van der Waals surface area contributed by atoms with E-state index in [0.29, 0.717) is 0 Å². The third-order valence-electron chi connectivity index (χ3n) is 3.75. The third kappa shape index (κ3) is 5.13. The molecule has 2 rings (SSSR count). The molecule has 0 N–H and O–H groups in total. The number of ether oxygens (including phenoxy) is 1. The summed E-state index contributed by atoms with van der Waals surface area (Å²) in [5, 5.41) is 0. The molecule has 0 spiro atoms. The molecule has 0 unspecified atom stereocenters. The fourth-order valence-electron chi connectivity index (χ4n) is 2.32. The van der Waals surface area contributed by atoms with E-state index in [-0.39, 0.29) is 23.1 Å². The Morgan fingerprint density at radius 1 is 1.14 bits per heavy atom. The Morgan fingerprint density at radius 3 is 2.18 bits per heavy atom. The molecule has 0 aliphatic heterocycles. The second-order valence-electron chi connectivity index (χ2n) is 5.81. The highest BCUT2D eigenvalue weighted by molar-refractivity contribution is 7.90. The Labute approximate surface area is 161 Å². The first-order chi connectivity index (χ1) is 13.1. The van der Waals surface area contributed by atoms with Crippen LogP contribution in [0.25, 0.3) is 0 Å². The predicted molar refractivity (Wildman–Crippen MR) is 102 cm³/mol. The van der Waals surface area contributed by atoms with Crippen molar-refractivity contribution in [3.8, 4) is 0 Å². The Bertz CT molecular complexity index is 951. The molecule has 2 aromatic carbocycles. The molecule has 150 valence electrons. The van der Waals surface area contributed by atoms with Crippen LogP contribution in [0.2, 0.25) is 0 Å². The van der Waals surface area contributed by atoms with E-state index in [4.69, 9.17) is 4.74 Å². The summed E-state index contributed by atoms with van der Waals surface area (Å²) in [4.78, 5) is 1.28. The lowest BCUT2D eigenvalue weighted by atomic mass is 10.2. The summed E-state index contributed by atoms with van der Waals surface area (Å²) in [6, 6.07) is 10.0. The second kappa shape index (κ2) is 8.47. The van der Waals surface area contributed by atoms with E-state index in [9.17, 15) is 21.6 Å². The lowest BCUT2D eigenvalue weighted by Gasteiger charge is -2.23. The molecule has 0 aliphatic rings. The van der Waals surface area contributed by atoms with Crippen molar-refractivity contribution < 1.29 is 26.3 Å². The number of alkyl halides is 3. The SMILES string of the molecule is C=CCN(/C(=N/S(=O)(=O)c1ccc(C)cc1)OC)c1ccc(C(F)(F)F)cc1. The number of hydrogen-bond donors (Lipinski definition) is 0. The van der Waals surface area contributed by atoms with Crippen LogP contribution >= 0.6 is 0 Å². The number of halogens is 3. The van der Waals surface area contributed by atoms with Crippen LogP contribution in [0, 0.1) is 6.92 Å². The van der Waals surface area contributed by atoms with E-state index in [2.05, 4.69) is 11.0 Å². The largest absolute Gasteiger partial charge is 0.467 e. The van der Waals surface area contributed by atoms with Crippen molar-refractivity contribution in [2.75, 3.05) is 18.6 Å². The van der Waals surface area contributed by atoms with E-state index in [1.807, 2.05) is 6.92 Å². The average molecular weight is 412 g/mol. The molecule has 0 bridgehead atoms. The quantitative estimate of drug-likeness (QED) is 0.415. The minimum absolute atomic E-state index is 0.0291. The highest BCUT2D eigenvalue weighted by Crippen LogP contribution is 2.30. The fraction of sp³-hybridized carbons (Fsp3) is 0.211. The first kappa shape index (κ1) is 21.5. The molecule has 0 saturated carbocycles. The van der Waals surface area contributed by atoms with Gasteiger partial charge in [0.2, 0.25) is 0 Å². The van der Waals surface area contributed by atoms with Gasteiger partial charge in [0, 0.05) is 12.2 Å². The van der Waals surface area contributed by atoms with Gasteiger partial charge in [0.15, 0.2) is 0 Å². The Hall–Kier alpha value is -2.81. The number of nitrogens with zero attached hydrogens (tertiary/aromatic N) is 2. The molecule has 0 atom stereocenters. The minimum Gasteiger partial charge on any atom is -0.467 e. The lowest BCUT2D eigenvalue weighted by molar-refractivity contribution is -0.137. The molecule has 28 heavy (non-hydrogen) atoms. The number of aryl methyl sites for hydroxylation is 1. The number of hydrogen-bond acceptors (Lipinski definition) is 3. The number of methoxy groups -OCH3 is 1. The van der Waals surface area contributed by atoms with Crippen molar-refractivity contribution in [1.82, 2.24) is 0 Å². The first-order valence-electron chi connectivity index (χ1n) is 8.10. The molecule has 0 heterocycles. The molecule has 0 radical (unpaired) electrons. The van der Waals surface area contributed by atoms with Gasteiger partial charge in [-0.2, -0.15) is 21.6 Å². The number of amidine groups is 1. The number of anilines is 1. The van der Waals surface area contributed by atoms with Gasteiger partial charge in [-0.25, -0.2) is 0 Å². The molecule has 2 aromatic rings. The summed E-state index contributed by atoms with van der Waals surface area (Å²) in [7, 11) is -2.86. The van der Waals surface area contributed by atoms with Crippen LogP contribution in [-0.2, 0) is 20.9 Å². The highest BCUT2D eigenvalue weighted by atomic mass is 32.2. The van der Waals surface area contributed by atoms with Gasteiger partial charge in [-0.05, 0) is 43.3 Å². The van der Waals surface area contributed by atoms with Gasteiger partial charge in [-0.1, -0.05) is 23.8 Å². The van der Waals surface area contributed by atoms with Gasteiger partial charge in [-0.3, -0.25) is 4.90 Å². The van der Waals surface area contributed by atoms with E-state index in [0.717, 1.165) is 17.7 Å². The molecular formula is C19H19F3N2O3S. The maximum absolute atomic E-state index is 12.8. The van der Waals surface area contributed by atoms with Crippen LogP contribution in [0.1, 0.15) is 11.1 Å². The fourth-order valence-corrected chi connectivity index (χ4v) is 3.28. The van der Waals surface area contributed by atoms with E-state index in [1.54, 1.807) is 12.1 Å². The van der Waals surface area contributed by atoms with Crippen LogP contribution in [-0.4, -0.2) is 28.1 Å². The van der Waals surface area contributed by atoms with Crippen LogP contribution < -0.4 is 4.90 Å². The van der Waals surface area contributed by atoms with Crippen molar-refractivity contribution >= 4 is 21.7 Å². The van der Waals surface area contributed by atoms with Crippen LogP contribution in [0.5, 0.6) is 0 Å². The van der Waals surface area contributed by atoms with Crippen LogP contribution in [0.15, 0.2) is 70.5 Å². The first-order valence-corrected chi connectivity index (χ1v) is 9.54. The van der Waals surface area contributed by atoms with Gasteiger partial charge < -0.3 is 4.74 Å². The highest BCUT2D eigenvalue weighted by Gasteiger charge is 2.30. The topological polar surface area (TPSA) is 59.0 Å². The monoisotopic (exact) mass is 412 g/mol. The van der Waals surface area contributed by atoms with Gasteiger partial charge in [0.1, 0.15) is 0 Å². The molecule has 0 aliphatic carbocycles. The van der Waals surface area contributed by atoms with Gasteiger partial charge in [0.05, 0.1) is 17.6 Å². The van der Waals surface area contributed by atoms with Crippen molar-refractivity contribution in [3.63, 3.8) is 0 Å². The summed E-state index contributed by atoms with van der Waals surface area (Å²) in [6.45, 7) is 5.47. The molecule has 0 saturated heterocycles. The summed E-state index contributed by atoms with van der Waals surface area (Å²) >= 11 is 0. The molecular weight excluding hydrogens is 393 g/mol. The van der Waals surface area contributed by atoms with Crippen molar-refractivity contribution in [1.29, 1.82) is 0 Å². The summed E-state index contributed by atoms with van der Waals surface area (Å²) in [5.74, 6) is 0. The number of rotatable bonds is 5. The summed E-state index contributed by atoms with van der Waals surface area (Å²) in [6.07, 6.45) is -3.03. The van der Waals surface area contributed by atoms with E-state index in [1.165, 1.54) is 42.4 Å². The predicted octanol–water partition coefficient (Wildman–Crippen LogP) is 4.40. The third-order valence-corrected chi connectivity index (χ3v) is 5.01. The zero-order valence-corrected chi connectivity index (χ0v) is 16.1. The zero-order valence-electron chi connectivity index (χ0n) is 15.3. The Morgan fingerprint density at radius 2 is 1.71 bits per heavy atom. The maximum Gasteiger partial charge on any atom is 0.416 e. The molecule has 0 amide bonds. The lowest BCUT2D eigenvalue weighted by Crippen LogP contribution is -2.33.